The highest BCUT2D eigenvalue weighted by atomic mass is 32.1. The summed E-state index contributed by atoms with van der Waals surface area (Å²) in [6.45, 7) is 0.608. The van der Waals surface area contributed by atoms with Crippen LogP contribution in [0, 0.1) is 0 Å². The van der Waals surface area contributed by atoms with Crippen LogP contribution in [0.1, 0.15) is 16.1 Å². The highest BCUT2D eigenvalue weighted by Gasteiger charge is 2.11. The predicted molar refractivity (Wildman–Crippen MR) is 76.5 cm³/mol. The van der Waals surface area contributed by atoms with Crippen molar-refractivity contribution in [3.63, 3.8) is 0 Å². The van der Waals surface area contributed by atoms with Crippen LogP contribution < -0.4 is 11.1 Å². The zero-order chi connectivity index (χ0) is 13.7. The zero-order valence-electron chi connectivity index (χ0n) is 10.6. The lowest BCUT2D eigenvalue weighted by molar-refractivity contribution is 0.102. The van der Waals surface area contributed by atoms with Crippen LogP contribution in [0.4, 0.5) is 10.8 Å². The second-order valence-electron chi connectivity index (χ2n) is 3.93. The molecule has 0 unspecified atom stereocenters. The van der Waals surface area contributed by atoms with Crippen LogP contribution in [0.5, 0.6) is 0 Å². The van der Waals surface area contributed by atoms with Crippen LogP contribution in [0.15, 0.2) is 29.6 Å². The summed E-state index contributed by atoms with van der Waals surface area (Å²) < 4.78 is 5.05. The number of benzene rings is 1. The number of anilines is 2. The number of aromatic nitrogens is 1. The quantitative estimate of drug-likeness (QED) is 0.878. The number of amides is 1. The summed E-state index contributed by atoms with van der Waals surface area (Å²) in [6, 6.07) is 7.63. The van der Waals surface area contributed by atoms with E-state index in [2.05, 4.69) is 10.3 Å². The van der Waals surface area contributed by atoms with E-state index in [9.17, 15) is 4.79 Å². The number of ether oxygens (including phenoxy) is 1. The normalized spacial score (nSPS) is 10.4. The first kappa shape index (κ1) is 13.5. The number of nitrogens with one attached hydrogen (secondary N) is 1. The molecule has 0 aliphatic carbocycles. The van der Waals surface area contributed by atoms with Gasteiger partial charge in [0.1, 0.15) is 5.69 Å². The Labute approximate surface area is 115 Å². The lowest BCUT2D eigenvalue weighted by atomic mass is 10.1. The van der Waals surface area contributed by atoms with Crippen LogP contribution in [0.25, 0.3) is 0 Å². The Bertz CT molecular complexity index is 569. The number of hydrogen-bond donors (Lipinski definition) is 2. The number of carbonyl (C=O) groups excluding carboxylic acids is 1. The average molecular weight is 277 g/mol. The van der Waals surface area contributed by atoms with E-state index in [0.717, 1.165) is 17.7 Å². The molecule has 0 spiro atoms. The standard InChI is InChI=1S/C13H15N3O2S/c1-18-7-6-9-4-2-3-5-10(9)15-12(17)11-8-19-13(14)16-11/h2-5,8H,6-7H2,1H3,(H2,14,16)(H,15,17). The molecule has 0 atom stereocenters. The molecule has 0 aliphatic rings. The molecule has 2 aromatic rings. The molecule has 2 rings (SSSR count). The molecule has 0 aliphatic heterocycles. The van der Waals surface area contributed by atoms with Crippen molar-refractivity contribution in [3.8, 4) is 0 Å². The van der Waals surface area contributed by atoms with E-state index < -0.39 is 0 Å². The van der Waals surface area contributed by atoms with E-state index in [1.54, 1.807) is 12.5 Å². The van der Waals surface area contributed by atoms with Gasteiger partial charge in [-0.2, -0.15) is 0 Å². The highest BCUT2D eigenvalue weighted by Crippen LogP contribution is 2.18. The van der Waals surface area contributed by atoms with E-state index in [-0.39, 0.29) is 5.91 Å². The van der Waals surface area contributed by atoms with Crippen molar-refractivity contribution in [3.05, 3.63) is 40.9 Å². The zero-order valence-corrected chi connectivity index (χ0v) is 11.4. The number of rotatable bonds is 5. The fraction of sp³-hybridized carbons (Fsp3) is 0.231. The topological polar surface area (TPSA) is 77.2 Å². The molecule has 1 amide bonds. The minimum absolute atomic E-state index is 0.252. The first-order valence-electron chi connectivity index (χ1n) is 5.80. The maximum absolute atomic E-state index is 12.0. The Morgan fingerprint density at radius 3 is 2.95 bits per heavy atom. The van der Waals surface area contributed by atoms with Gasteiger partial charge in [0, 0.05) is 18.2 Å². The van der Waals surface area contributed by atoms with Crippen molar-refractivity contribution >= 4 is 28.1 Å². The second-order valence-corrected chi connectivity index (χ2v) is 4.81. The van der Waals surface area contributed by atoms with Gasteiger partial charge in [-0.15, -0.1) is 11.3 Å². The summed E-state index contributed by atoms with van der Waals surface area (Å²) in [6.07, 6.45) is 0.742. The SMILES string of the molecule is COCCc1ccccc1NC(=O)c1csc(N)n1. The molecule has 0 radical (unpaired) electrons. The first-order valence-corrected chi connectivity index (χ1v) is 6.68. The van der Waals surface area contributed by atoms with Crippen molar-refractivity contribution in [1.29, 1.82) is 0 Å². The van der Waals surface area contributed by atoms with Gasteiger partial charge in [0.15, 0.2) is 5.13 Å². The number of nitrogens with zero attached hydrogens (tertiary/aromatic N) is 1. The maximum atomic E-state index is 12.0. The van der Waals surface area contributed by atoms with Crippen LogP contribution in [-0.2, 0) is 11.2 Å². The Hall–Kier alpha value is -1.92. The molecular formula is C13H15N3O2S. The summed E-state index contributed by atoms with van der Waals surface area (Å²) in [5.74, 6) is -0.252. The van der Waals surface area contributed by atoms with Gasteiger partial charge < -0.3 is 15.8 Å². The number of thiazole rings is 1. The average Bonchev–Trinajstić information content (AvgIpc) is 2.84. The predicted octanol–water partition coefficient (Wildman–Crippen LogP) is 2.17. The van der Waals surface area contributed by atoms with Gasteiger partial charge in [-0.3, -0.25) is 4.79 Å². The highest BCUT2D eigenvalue weighted by molar-refractivity contribution is 7.13. The Morgan fingerprint density at radius 1 is 1.47 bits per heavy atom. The maximum Gasteiger partial charge on any atom is 0.275 e. The summed E-state index contributed by atoms with van der Waals surface area (Å²) in [5.41, 5.74) is 7.66. The van der Waals surface area contributed by atoms with Crippen molar-refractivity contribution < 1.29 is 9.53 Å². The van der Waals surface area contributed by atoms with Crippen molar-refractivity contribution in [2.75, 3.05) is 24.8 Å². The molecule has 6 heteroatoms. The third-order valence-electron chi connectivity index (χ3n) is 2.60. The largest absolute Gasteiger partial charge is 0.384 e. The number of carbonyl (C=O) groups is 1. The van der Waals surface area contributed by atoms with Gasteiger partial charge in [0.2, 0.25) is 0 Å². The fourth-order valence-corrected chi connectivity index (χ4v) is 2.19. The number of nitrogens with two attached hydrogens (primary N) is 1. The van der Waals surface area contributed by atoms with Gasteiger partial charge in [-0.1, -0.05) is 18.2 Å². The summed E-state index contributed by atoms with van der Waals surface area (Å²) in [7, 11) is 1.65. The van der Waals surface area contributed by atoms with Gasteiger partial charge in [0.25, 0.3) is 5.91 Å². The molecule has 1 aromatic heterocycles. The summed E-state index contributed by atoms with van der Waals surface area (Å²) >= 11 is 1.25. The molecule has 0 bridgehead atoms. The molecule has 1 heterocycles. The van der Waals surface area contributed by atoms with Gasteiger partial charge in [-0.05, 0) is 18.1 Å². The molecule has 19 heavy (non-hydrogen) atoms. The van der Waals surface area contributed by atoms with Gasteiger partial charge >= 0.3 is 0 Å². The van der Waals surface area contributed by atoms with Crippen molar-refractivity contribution in [2.24, 2.45) is 0 Å². The van der Waals surface area contributed by atoms with Crippen LogP contribution in [-0.4, -0.2) is 24.6 Å². The molecule has 3 N–H and O–H groups in total. The Kier molecular flexibility index (Phi) is 4.48. The van der Waals surface area contributed by atoms with E-state index in [0.29, 0.717) is 17.4 Å². The minimum Gasteiger partial charge on any atom is -0.384 e. The van der Waals surface area contributed by atoms with E-state index >= 15 is 0 Å². The van der Waals surface area contributed by atoms with E-state index in [1.807, 2.05) is 24.3 Å². The molecule has 5 nitrogen and oxygen atoms in total. The van der Waals surface area contributed by atoms with Gasteiger partial charge in [0.05, 0.1) is 6.61 Å². The molecule has 1 aromatic carbocycles. The molecular weight excluding hydrogens is 262 g/mol. The third-order valence-corrected chi connectivity index (χ3v) is 3.27. The fourth-order valence-electron chi connectivity index (χ4n) is 1.65. The number of methoxy groups -OCH3 is 1. The van der Waals surface area contributed by atoms with Crippen molar-refractivity contribution in [2.45, 2.75) is 6.42 Å². The van der Waals surface area contributed by atoms with E-state index in [1.165, 1.54) is 11.3 Å². The monoisotopic (exact) mass is 277 g/mol. The van der Waals surface area contributed by atoms with Crippen LogP contribution in [0.3, 0.4) is 0 Å². The Morgan fingerprint density at radius 2 is 2.26 bits per heavy atom. The third kappa shape index (κ3) is 3.52. The number of para-hydroxylation sites is 1. The molecule has 0 fully saturated rings. The molecule has 0 saturated carbocycles. The summed E-state index contributed by atoms with van der Waals surface area (Å²) in [4.78, 5) is 16.0. The first-order chi connectivity index (χ1) is 9.20. The minimum atomic E-state index is -0.252. The lowest BCUT2D eigenvalue weighted by Crippen LogP contribution is -2.14. The lowest BCUT2D eigenvalue weighted by Gasteiger charge is -2.09. The number of hydrogen-bond acceptors (Lipinski definition) is 5. The van der Waals surface area contributed by atoms with Crippen LogP contribution in [0.2, 0.25) is 0 Å². The number of nitrogen functional groups attached to an aromatic ring is 1. The summed E-state index contributed by atoms with van der Waals surface area (Å²) in [5, 5.41) is 4.87. The smallest absolute Gasteiger partial charge is 0.275 e. The second kappa shape index (κ2) is 6.31. The van der Waals surface area contributed by atoms with Gasteiger partial charge in [-0.25, -0.2) is 4.98 Å². The van der Waals surface area contributed by atoms with Crippen molar-refractivity contribution in [1.82, 2.24) is 4.98 Å². The van der Waals surface area contributed by atoms with Crippen LogP contribution >= 0.6 is 11.3 Å². The van der Waals surface area contributed by atoms with E-state index in [4.69, 9.17) is 10.5 Å². The molecule has 0 saturated heterocycles. The Balaban J connectivity index is 2.12. The molecule has 100 valence electrons.